The molecule has 43 heavy (non-hydrogen) atoms. The summed E-state index contributed by atoms with van der Waals surface area (Å²) in [4.78, 5) is 25.7. The Bertz CT molecular complexity index is 1780. The van der Waals surface area contributed by atoms with Crippen molar-refractivity contribution < 1.29 is 4.84 Å². The first-order valence-electron chi connectivity index (χ1n) is 15.4. The van der Waals surface area contributed by atoms with E-state index in [9.17, 15) is 4.79 Å². The van der Waals surface area contributed by atoms with Crippen LogP contribution in [0.4, 0.5) is 0 Å². The fourth-order valence-corrected chi connectivity index (χ4v) is 6.68. The first-order chi connectivity index (χ1) is 21.0. The molecule has 7 rings (SSSR count). The first-order valence-corrected chi connectivity index (χ1v) is 15.4. The van der Waals surface area contributed by atoms with E-state index in [1.165, 1.54) is 19.3 Å². The van der Waals surface area contributed by atoms with E-state index in [0.29, 0.717) is 23.8 Å². The molecule has 3 aromatic carbocycles. The standard InChI is InChI=1S/C34H37N7O2/c1-3-4-12-31-35-30-18-17-25(34(2)21-26-9-7-8-19-41(26)43-34)20-29(30)33(42)40(31)22-23-13-15-24(16-14-23)27-10-5-6-11-28(27)32-36-38-39-37-32/h5-6,10-11,13-18,20,26H,3-4,7-9,12,19,21-22H2,1-2H3,(H,36,37,38,39). The molecule has 2 aliphatic rings. The SMILES string of the molecule is CCCCc1nc2ccc(C3(C)CC4CCCCN4O3)cc2c(=O)n1Cc1ccc(-c2ccccc2-c2nn[nH]n2)cc1. The van der Waals surface area contributed by atoms with Crippen molar-refractivity contribution in [1.29, 1.82) is 0 Å². The second kappa shape index (κ2) is 11.5. The normalized spacial score (nSPS) is 20.5. The number of rotatable bonds is 8. The number of tetrazole rings is 1. The summed E-state index contributed by atoms with van der Waals surface area (Å²) in [6.45, 7) is 5.76. The van der Waals surface area contributed by atoms with Gasteiger partial charge in [-0.25, -0.2) is 4.98 Å². The maximum atomic E-state index is 14.2. The van der Waals surface area contributed by atoms with Crippen LogP contribution in [0, 0.1) is 0 Å². The number of aryl methyl sites for hydroxylation is 1. The molecule has 2 aromatic heterocycles. The molecule has 9 heteroatoms. The Morgan fingerprint density at radius 1 is 1.05 bits per heavy atom. The van der Waals surface area contributed by atoms with E-state index in [0.717, 1.165) is 71.4 Å². The smallest absolute Gasteiger partial charge is 0.261 e. The number of hydroxylamine groups is 2. The number of nitrogens with one attached hydrogen (secondary N) is 1. The van der Waals surface area contributed by atoms with Gasteiger partial charge in [0.15, 0.2) is 0 Å². The number of unbranched alkanes of at least 4 members (excludes halogenated alkanes) is 1. The minimum Gasteiger partial charge on any atom is -0.292 e. The van der Waals surface area contributed by atoms with Crippen molar-refractivity contribution in [3.05, 3.63) is 94.0 Å². The highest BCUT2D eigenvalue weighted by Crippen LogP contribution is 2.43. The highest BCUT2D eigenvalue weighted by molar-refractivity contribution is 5.80. The molecule has 0 spiro atoms. The minimum atomic E-state index is -0.436. The van der Waals surface area contributed by atoms with E-state index in [-0.39, 0.29) is 5.56 Å². The second-order valence-corrected chi connectivity index (χ2v) is 12.0. The van der Waals surface area contributed by atoms with Crippen molar-refractivity contribution in [2.24, 2.45) is 0 Å². The van der Waals surface area contributed by atoms with Gasteiger partial charge in [0.25, 0.3) is 5.56 Å². The molecular weight excluding hydrogens is 538 g/mol. The fraction of sp³-hybridized carbons (Fsp3) is 0.382. The van der Waals surface area contributed by atoms with Crippen LogP contribution in [-0.4, -0.2) is 47.8 Å². The monoisotopic (exact) mass is 575 g/mol. The summed E-state index contributed by atoms with van der Waals surface area (Å²) in [7, 11) is 0. The lowest BCUT2D eigenvalue weighted by atomic mass is 9.87. The largest absolute Gasteiger partial charge is 0.292 e. The van der Waals surface area contributed by atoms with Gasteiger partial charge in [0.2, 0.25) is 5.82 Å². The lowest BCUT2D eigenvalue weighted by Gasteiger charge is -2.28. The van der Waals surface area contributed by atoms with Crippen molar-refractivity contribution in [3.8, 4) is 22.5 Å². The van der Waals surface area contributed by atoms with Gasteiger partial charge in [-0.1, -0.05) is 74.4 Å². The maximum Gasteiger partial charge on any atom is 0.261 e. The molecule has 2 fully saturated rings. The molecule has 0 radical (unpaired) electrons. The zero-order chi connectivity index (χ0) is 29.4. The Hall–Kier alpha value is -4.21. The van der Waals surface area contributed by atoms with Gasteiger partial charge in [0.1, 0.15) is 11.4 Å². The number of benzene rings is 3. The highest BCUT2D eigenvalue weighted by atomic mass is 16.7. The summed E-state index contributed by atoms with van der Waals surface area (Å²) >= 11 is 0. The number of nitrogens with zero attached hydrogens (tertiary/aromatic N) is 6. The molecule has 220 valence electrons. The van der Waals surface area contributed by atoms with Gasteiger partial charge in [-0.2, -0.15) is 10.3 Å². The number of fused-ring (bicyclic) bond motifs is 2. The van der Waals surface area contributed by atoms with Crippen molar-refractivity contribution >= 4 is 10.9 Å². The number of hydrogen-bond acceptors (Lipinski definition) is 7. The summed E-state index contributed by atoms with van der Waals surface area (Å²) in [6, 6.07) is 23.0. The molecule has 4 heterocycles. The fourth-order valence-electron chi connectivity index (χ4n) is 6.68. The van der Waals surface area contributed by atoms with Crippen LogP contribution >= 0.6 is 0 Å². The lowest BCUT2D eigenvalue weighted by Crippen LogP contribution is -2.33. The molecule has 0 amide bonds. The Kier molecular flexibility index (Phi) is 7.36. The molecule has 2 aliphatic heterocycles. The second-order valence-electron chi connectivity index (χ2n) is 12.0. The Morgan fingerprint density at radius 2 is 1.88 bits per heavy atom. The summed E-state index contributed by atoms with van der Waals surface area (Å²) in [5, 5.41) is 17.4. The molecular formula is C34H37N7O2. The van der Waals surface area contributed by atoms with Crippen molar-refractivity contribution in [2.75, 3.05) is 6.54 Å². The summed E-state index contributed by atoms with van der Waals surface area (Å²) < 4.78 is 1.87. The molecule has 0 saturated carbocycles. The number of H-pyrrole nitrogens is 1. The van der Waals surface area contributed by atoms with Gasteiger partial charge >= 0.3 is 0 Å². The molecule has 2 unspecified atom stereocenters. The summed E-state index contributed by atoms with van der Waals surface area (Å²) in [5.41, 5.74) is 5.39. The molecule has 9 nitrogen and oxygen atoms in total. The number of piperidine rings is 1. The van der Waals surface area contributed by atoms with E-state index in [1.54, 1.807) is 0 Å². The Labute approximate surface area is 250 Å². The van der Waals surface area contributed by atoms with Gasteiger partial charge in [-0.05, 0) is 65.8 Å². The third kappa shape index (κ3) is 5.28. The van der Waals surface area contributed by atoms with Crippen molar-refractivity contribution in [3.63, 3.8) is 0 Å². The van der Waals surface area contributed by atoms with Crippen LogP contribution in [0.5, 0.6) is 0 Å². The van der Waals surface area contributed by atoms with Crippen LogP contribution < -0.4 is 5.56 Å². The van der Waals surface area contributed by atoms with Gasteiger partial charge in [-0.15, -0.1) is 10.2 Å². The molecule has 1 N–H and O–H groups in total. The van der Waals surface area contributed by atoms with Crippen LogP contribution in [-0.2, 0) is 23.4 Å². The van der Waals surface area contributed by atoms with E-state index in [1.807, 2.05) is 34.9 Å². The van der Waals surface area contributed by atoms with Crippen LogP contribution in [0.2, 0.25) is 0 Å². The van der Waals surface area contributed by atoms with Gasteiger partial charge in [-0.3, -0.25) is 14.2 Å². The molecule has 0 aliphatic carbocycles. The number of aromatic nitrogens is 6. The average molecular weight is 576 g/mol. The van der Waals surface area contributed by atoms with E-state index in [2.05, 4.69) is 75.9 Å². The highest BCUT2D eigenvalue weighted by Gasteiger charge is 2.44. The van der Waals surface area contributed by atoms with E-state index in [4.69, 9.17) is 9.82 Å². The molecule has 2 saturated heterocycles. The Morgan fingerprint density at radius 3 is 2.65 bits per heavy atom. The van der Waals surface area contributed by atoms with E-state index >= 15 is 0 Å². The van der Waals surface area contributed by atoms with Gasteiger partial charge in [0.05, 0.1) is 17.4 Å². The first kappa shape index (κ1) is 27.6. The lowest BCUT2D eigenvalue weighted by molar-refractivity contribution is -0.209. The average Bonchev–Trinajstić information content (AvgIpc) is 3.70. The number of aromatic amines is 1. The zero-order valence-corrected chi connectivity index (χ0v) is 24.8. The minimum absolute atomic E-state index is 0.00352. The summed E-state index contributed by atoms with van der Waals surface area (Å²) in [6.07, 6.45) is 7.30. The van der Waals surface area contributed by atoms with Crippen LogP contribution in [0.25, 0.3) is 33.4 Å². The predicted octanol–water partition coefficient (Wildman–Crippen LogP) is 6.04. The van der Waals surface area contributed by atoms with Crippen molar-refractivity contribution in [1.82, 2.24) is 35.2 Å². The maximum absolute atomic E-state index is 14.2. The van der Waals surface area contributed by atoms with Crippen LogP contribution in [0.15, 0.2) is 71.5 Å². The third-order valence-corrected chi connectivity index (χ3v) is 9.03. The van der Waals surface area contributed by atoms with Crippen LogP contribution in [0.3, 0.4) is 0 Å². The van der Waals surface area contributed by atoms with Gasteiger partial charge < -0.3 is 0 Å². The third-order valence-electron chi connectivity index (χ3n) is 9.03. The van der Waals surface area contributed by atoms with E-state index < -0.39 is 5.60 Å². The molecule has 2 atom stereocenters. The zero-order valence-electron chi connectivity index (χ0n) is 24.8. The number of hydrogen-bond donors (Lipinski definition) is 1. The van der Waals surface area contributed by atoms with Gasteiger partial charge in [0, 0.05) is 31.0 Å². The van der Waals surface area contributed by atoms with Crippen molar-refractivity contribution in [2.45, 2.75) is 77.0 Å². The topological polar surface area (TPSA) is 102 Å². The quantitative estimate of drug-likeness (QED) is 0.241. The predicted molar refractivity (Wildman–Crippen MR) is 166 cm³/mol. The Balaban J connectivity index is 1.22. The van der Waals surface area contributed by atoms with Crippen LogP contribution in [0.1, 0.15) is 69.3 Å². The summed E-state index contributed by atoms with van der Waals surface area (Å²) in [5.74, 6) is 1.39. The molecule has 0 bridgehead atoms. The molecule has 5 aromatic rings.